The summed E-state index contributed by atoms with van der Waals surface area (Å²) in [5, 5.41) is 7.11. The number of carbonyl (C=O) groups excluding carboxylic acids is 1. The Morgan fingerprint density at radius 1 is 1.09 bits per heavy atom. The average Bonchev–Trinajstić information content (AvgIpc) is 3.56. The van der Waals surface area contributed by atoms with E-state index in [4.69, 9.17) is 4.52 Å². The van der Waals surface area contributed by atoms with Crippen LogP contribution in [0, 0.1) is 13.8 Å². The lowest BCUT2D eigenvalue weighted by molar-refractivity contribution is 0.102. The summed E-state index contributed by atoms with van der Waals surface area (Å²) < 4.78 is 31.0. The van der Waals surface area contributed by atoms with Crippen molar-refractivity contribution in [2.45, 2.75) is 49.7 Å². The molecule has 5 rings (SSSR count). The third kappa shape index (κ3) is 4.06. The topological polar surface area (TPSA) is 102 Å². The summed E-state index contributed by atoms with van der Waals surface area (Å²) in [5.74, 6) is -0.338. The standard InChI is InChI=1S/C24H23N3O4S2/c1-14-7-12-21(32-14)20-13-19(22-15(2)27-31-24(22)26-20)23(28)25-16-8-10-18(11-9-16)33(29,30)17-5-3-4-6-17/h7-13,17H,3-6H2,1-2H3,(H,25,28). The van der Waals surface area contributed by atoms with Gasteiger partial charge in [-0.1, -0.05) is 18.0 Å². The maximum atomic E-state index is 13.2. The molecule has 7 nitrogen and oxygen atoms in total. The Labute approximate surface area is 195 Å². The lowest BCUT2D eigenvalue weighted by atomic mass is 10.1. The van der Waals surface area contributed by atoms with E-state index in [1.165, 1.54) is 0 Å². The zero-order chi connectivity index (χ0) is 23.2. The van der Waals surface area contributed by atoms with Gasteiger partial charge >= 0.3 is 0 Å². The zero-order valence-electron chi connectivity index (χ0n) is 18.3. The minimum absolute atomic E-state index is 0.295. The van der Waals surface area contributed by atoms with E-state index in [9.17, 15) is 13.2 Å². The predicted molar refractivity (Wildman–Crippen MR) is 128 cm³/mol. The van der Waals surface area contributed by atoms with E-state index >= 15 is 0 Å². The second kappa shape index (κ2) is 8.39. The Kier molecular flexibility index (Phi) is 5.54. The summed E-state index contributed by atoms with van der Waals surface area (Å²) in [7, 11) is -3.34. The molecule has 33 heavy (non-hydrogen) atoms. The van der Waals surface area contributed by atoms with Crippen molar-refractivity contribution < 1.29 is 17.7 Å². The molecule has 0 bridgehead atoms. The molecule has 1 aromatic carbocycles. The molecule has 1 N–H and O–H groups in total. The fourth-order valence-corrected chi connectivity index (χ4v) is 6.97. The Bertz CT molecular complexity index is 1450. The van der Waals surface area contributed by atoms with E-state index in [-0.39, 0.29) is 11.2 Å². The Hall–Kier alpha value is -3.04. The number of anilines is 1. The minimum atomic E-state index is -3.34. The maximum Gasteiger partial charge on any atom is 0.259 e. The Morgan fingerprint density at radius 2 is 1.82 bits per heavy atom. The molecule has 3 aromatic heterocycles. The molecule has 1 saturated carbocycles. The Morgan fingerprint density at radius 3 is 2.48 bits per heavy atom. The van der Waals surface area contributed by atoms with Crippen molar-refractivity contribution >= 4 is 43.9 Å². The zero-order valence-corrected chi connectivity index (χ0v) is 19.9. The van der Waals surface area contributed by atoms with Crippen LogP contribution in [-0.2, 0) is 9.84 Å². The molecule has 0 spiro atoms. The van der Waals surface area contributed by atoms with E-state index in [2.05, 4.69) is 15.5 Å². The third-order valence-corrected chi connectivity index (χ3v) is 9.34. The van der Waals surface area contributed by atoms with Crippen LogP contribution in [0.4, 0.5) is 5.69 Å². The molecule has 0 saturated heterocycles. The van der Waals surface area contributed by atoms with Crippen molar-refractivity contribution in [3.63, 3.8) is 0 Å². The first-order chi connectivity index (χ1) is 15.8. The van der Waals surface area contributed by atoms with Crippen molar-refractivity contribution in [2.24, 2.45) is 0 Å². The number of sulfone groups is 1. The molecule has 0 radical (unpaired) electrons. The van der Waals surface area contributed by atoms with Gasteiger partial charge in [0.1, 0.15) is 0 Å². The number of benzene rings is 1. The van der Waals surface area contributed by atoms with E-state index in [1.807, 2.05) is 19.1 Å². The molecule has 1 aliphatic rings. The predicted octanol–water partition coefficient (Wildman–Crippen LogP) is 5.54. The second-order valence-corrected chi connectivity index (χ2v) is 11.9. The SMILES string of the molecule is Cc1ccc(-c2cc(C(=O)Nc3ccc(S(=O)(=O)C4CCCC4)cc3)c3c(C)noc3n2)s1. The van der Waals surface area contributed by atoms with E-state index in [1.54, 1.807) is 48.6 Å². The van der Waals surface area contributed by atoms with Crippen LogP contribution in [0.3, 0.4) is 0 Å². The smallest absolute Gasteiger partial charge is 0.259 e. The normalized spacial score (nSPS) is 14.7. The van der Waals surface area contributed by atoms with Crippen molar-refractivity contribution in [2.75, 3.05) is 5.32 Å². The number of hydrogen-bond donors (Lipinski definition) is 1. The van der Waals surface area contributed by atoms with Gasteiger partial charge in [-0.3, -0.25) is 4.79 Å². The molecule has 1 fully saturated rings. The van der Waals surface area contributed by atoms with Gasteiger partial charge in [0.05, 0.1) is 37.4 Å². The van der Waals surface area contributed by atoms with Crippen molar-refractivity contribution in [3.8, 4) is 10.6 Å². The summed E-state index contributed by atoms with van der Waals surface area (Å²) in [6.45, 7) is 3.78. The molecule has 0 atom stereocenters. The van der Waals surface area contributed by atoms with Gasteiger partial charge < -0.3 is 9.84 Å². The van der Waals surface area contributed by atoms with E-state index in [0.717, 1.165) is 22.6 Å². The van der Waals surface area contributed by atoms with Crippen LogP contribution in [0.25, 0.3) is 21.7 Å². The summed E-state index contributed by atoms with van der Waals surface area (Å²) in [5.41, 5.74) is 2.44. The largest absolute Gasteiger partial charge is 0.335 e. The summed E-state index contributed by atoms with van der Waals surface area (Å²) >= 11 is 1.58. The minimum Gasteiger partial charge on any atom is -0.335 e. The fourth-order valence-electron chi connectivity index (χ4n) is 4.29. The number of thiophene rings is 1. The molecule has 170 valence electrons. The lowest BCUT2D eigenvalue weighted by Gasteiger charge is -2.12. The number of aryl methyl sites for hydroxylation is 2. The molecule has 4 aromatic rings. The average molecular weight is 482 g/mol. The van der Waals surface area contributed by atoms with E-state index < -0.39 is 9.84 Å². The van der Waals surface area contributed by atoms with Crippen LogP contribution in [0.2, 0.25) is 0 Å². The van der Waals surface area contributed by atoms with Crippen molar-refractivity contribution in [1.29, 1.82) is 0 Å². The monoisotopic (exact) mass is 481 g/mol. The molecule has 1 aliphatic carbocycles. The van der Waals surface area contributed by atoms with Crippen LogP contribution in [0.5, 0.6) is 0 Å². The summed E-state index contributed by atoms with van der Waals surface area (Å²) in [6, 6.07) is 12.1. The van der Waals surface area contributed by atoms with Gasteiger partial charge in [0, 0.05) is 10.6 Å². The number of nitrogens with zero attached hydrogens (tertiary/aromatic N) is 2. The van der Waals surface area contributed by atoms with Crippen LogP contribution in [0.15, 0.2) is 51.9 Å². The molecule has 9 heteroatoms. The van der Waals surface area contributed by atoms with Gasteiger partial charge in [0.2, 0.25) is 0 Å². The van der Waals surface area contributed by atoms with Gasteiger partial charge in [0.25, 0.3) is 11.6 Å². The van der Waals surface area contributed by atoms with Gasteiger partial charge in [-0.05, 0) is 69.2 Å². The van der Waals surface area contributed by atoms with Crippen LogP contribution < -0.4 is 5.32 Å². The lowest BCUT2D eigenvalue weighted by Crippen LogP contribution is -2.18. The van der Waals surface area contributed by atoms with Gasteiger partial charge in [-0.2, -0.15) is 0 Å². The van der Waals surface area contributed by atoms with Gasteiger partial charge in [-0.15, -0.1) is 11.3 Å². The summed E-state index contributed by atoms with van der Waals surface area (Å²) in [4.78, 5) is 20.1. The first kappa shape index (κ1) is 21.8. The Balaban J connectivity index is 1.45. The number of hydrogen-bond acceptors (Lipinski definition) is 7. The first-order valence-electron chi connectivity index (χ1n) is 10.8. The fraction of sp³-hybridized carbons (Fsp3) is 0.292. The second-order valence-electron chi connectivity index (χ2n) is 8.34. The molecule has 1 amide bonds. The molecular weight excluding hydrogens is 458 g/mol. The van der Waals surface area contributed by atoms with Crippen LogP contribution in [-0.4, -0.2) is 29.7 Å². The number of amides is 1. The van der Waals surface area contributed by atoms with E-state index in [0.29, 0.717) is 51.5 Å². The first-order valence-corrected chi connectivity index (χ1v) is 13.2. The van der Waals surface area contributed by atoms with Crippen molar-refractivity contribution in [1.82, 2.24) is 10.1 Å². The molecule has 3 heterocycles. The number of nitrogens with one attached hydrogen (secondary N) is 1. The number of pyridine rings is 1. The van der Waals surface area contributed by atoms with Crippen molar-refractivity contribution in [3.05, 3.63) is 58.6 Å². The number of fused-ring (bicyclic) bond motifs is 1. The van der Waals surface area contributed by atoms with Gasteiger partial charge in [0.15, 0.2) is 9.84 Å². The molecular formula is C24H23N3O4S2. The number of rotatable bonds is 5. The number of carbonyl (C=O) groups is 1. The highest BCUT2D eigenvalue weighted by Crippen LogP contribution is 2.32. The molecule has 0 unspecified atom stereocenters. The van der Waals surface area contributed by atoms with Crippen LogP contribution >= 0.6 is 11.3 Å². The maximum absolute atomic E-state index is 13.2. The highest BCUT2D eigenvalue weighted by molar-refractivity contribution is 7.92. The quantitative estimate of drug-likeness (QED) is 0.402. The van der Waals surface area contributed by atoms with Crippen LogP contribution in [0.1, 0.15) is 46.6 Å². The summed E-state index contributed by atoms with van der Waals surface area (Å²) in [6.07, 6.45) is 3.33. The highest BCUT2D eigenvalue weighted by Gasteiger charge is 2.30. The number of aromatic nitrogens is 2. The third-order valence-electron chi connectivity index (χ3n) is 6.04. The highest BCUT2D eigenvalue weighted by atomic mass is 32.2. The molecule has 0 aliphatic heterocycles. The van der Waals surface area contributed by atoms with Gasteiger partial charge in [-0.25, -0.2) is 13.4 Å².